The van der Waals surface area contributed by atoms with Crippen molar-refractivity contribution in [1.82, 2.24) is 5.32 Å². The third kappa shape index (κ3) is 5.39. The van der Waals surface area contributed by atoms with Crippen LogP contribution in [0.15, 0.2) is 58.7 Å². The second kappa shape index (κ2) is 9.81. The quantitative estimate of drug-likeness (QED) is 0.513. The van der Waals surface area contributed by atoms with Gasteiger partial charge in [0, 0.05) is 6.04 Å². The SMILES string of the molecule is CSC1=CN(c2ccccc2C)C(=O)C2C(=NCNC2Cc2cc(C(F)(F)F)cc(C(F)(F)F)c2)O1. The molecule has 0 aliphatic carbocycles. The monoisotopic (exact) mass is 529 g/mol. The van der Waals surface area contributed by atoms with Gasteiger partial charge in [0.1, 0.15) is 5.92 Å². The maximum absolute atomic E-state index is 13.8. The zero-order valence-corrected chi connectivity index (χ0v) is 19.9. The summed E-state index contributed by atoms with van der Waals surface area (Å²) in [5.74, 6) is -1.49. The van der Waals surface area contributed by atoms with E-state index in [2.05, 4.69) is 10.3 Å². The molecule has 0 spiro atoms. The molecule has 12 heteroatoms. The van der Waals surface area contributed by atoms with Crippen LogP contribution in [0.4, 0.5) is 32.0 Å². The van der Waals surface area contributed by atoms with Crippen molar-refractivity contribution < 1.29 is 35.9 Å². The predicted molar refractivity (Wildman–Crippen MR) is 124 cm³/mol. The molecule has 36 heavy (non-hydrogen) atoms. The Labute approximate surface area is 207 Å². The van der Waals surface area contributed by atoms with E-state index in [0.717, 1.165) is 5.56 Å². The average Bonchev–Trinajstić information content (AvgIpc) is 2.95. The molecule has 2 aromatic carbocycles. The van der Waals surface area contributed by atoms with Crippen LogP contribution in [-0.4, -0.2) is 30.8 Å². The van der Waals surface area contributed by atoms with Crippen molar-refractivity contribution in [2.45, 2.75) is 31.7 Å². The normalized spacial score (nSPS) is 20.8. The van der Waals surface area contributed by atoms with Gasteiger partial charge in [-0.15, -0.1) is 0 Å². The van der Waals surface area contributed by atoms with Gasteiger partial charge in [-0.05, 0) is 55.0 Å². The molecule has 1 amide bonds. The summed E-state index contributed by atoms with van der Waals surface area (Å²) in [5, 5.41) is 3.32. The van der Waals surface area contributed by atoms with Gasteiger partial charge in [0.05, 0.1) is 29.7 Å². The minimum absolute atomic E-state index is 0.0130. The van der Waals surface area contributed by atoms with Crippen molar-refractivity contribution in [1.29, 1.82) is 0 Å². The van der Waals surface area contributed by atoms with Crippen molar-refractivity contribution in [3.63, 3.8) is 0 Å². The van der Waals surface area contributed by atoms with Gasteiger partial charge in [0.15, 0.2) is 5.09 Å². The van der Waals surface area contributed by atoms with E-state index >= 15 is 0 Å². The number of rotatable bonds is 4. The lowest BCUT2D eigenvalue weighted by Gasteiger charge is -2.32. The molecule has 4 rings (SSSR count). The molecule has 2 aliphatic rings. The first-order valence-corrected chi connectivity index (χ1v) is 12.0. The summed E-state index contributed by atoms with van der Waals surface area (Å²) in [5.41, 5.74) is -1.67. The fraction of sp³-hybridized carbons (Fsp3) is 0.333. The number of aryl methyl sites for hydroxylation is 1. The Morgan fingerprint density at radius 2 is 1.72 bits per heavy atom. The van der Waals surface area contributed by atoms with E-state index in [0.29, 0.717) is 22.9 Å². The lowest BCUT2D eigenvalue weighted by Crippen LogP contribution is -2.52. The van der Waals surface area contributed by atoms with Gasteiger partial charge in [0.2, 0.25) is 11.8 Å². The van der Waals surface area contributed by atoms with Crippen molar-refractivity contribution in [2.24, 2.45) is 10.9 Å². The van der Waals surface area contributed by atoms with E-state index in [1.807, 2.05) is 13.0 Å². The van der Waals surface area contributed by atoms with Crippen LogP contribution in [0.1, 0.15) is 22.3 Å². The lowest BCUT2D eigenvalue weighted by molar-refractivity contribution is -0.143. The number of nitrogens with zero attached hydrogens (tertiary/aromatic N) is 2. The number of hydrogen-bond donors (Lipinski definition) is 1. The third-order valence-electron chi connectivity index (χ3n) is 5.88. The Morgan fingerprint density at radius 3 is 2.31 bits per heavy atom. The highest BCUT2D eigenvalue weighted by molar-refractivity contribution is 8.02. The largest absolute Gasteiger partial charge is 0.434 e. The number of para-hydroxylation sites is 1. The molecule has 0 saturated heterocycles. The maximum Gasteiger partial charge on any atom is 0.416 e. The van der Waals surface area contributed by atoms with Crippen LogP contribution in [0, 0.1) is 12.8 Å². The maximum atomic E-state index is 13.8. The summed E-state index contributed by atoms with van der Waals surface area (Å²) in [6, 6.07) is 7.67. The first kappa shape index (κ1) is 26.1. The molecule has 0 saturated carbocycles. The number of benzene rings is 2. The highest BCUT2D eigenvalue weighted by atomic mass is 32.2. The molecule has 2 aliphatic heterocycles. The summed E-state index contributed by atoms with van der Waals surface area (Å²) >= 11 is 1.23. The van der Waals surface area contributed by atoms with E-state index in [9.17, 15) is 31.1 Å². The van der Waals surface area contributed by atoms with Gasteiger partial charge in [-0.1, -0.05) is 30.0 Å². The minimum atomic E-state index is -4.97. The highest BCUT2D eigenvalue weighted by Gasteiger charge is 2.43. The summed E-state index contributed by atoms with van der Waals surface area (Å²) in [7, 11) is 0. The third-order valence-corrected chi connectivity index (χ3v) is 6.47. The smallest absolute Gasteiger partial charge is 0.416 e. The molecule has 2 atom stereocenters. The molecule has 0 bridgehead atoms. The van der Waals surface area contributed by atoms with Crippen LogP contribution in [0.25, 0.3) is 0 Å². The number of alkyl halides is 6. The second-order valence-corrected chi connectivity index (χ2v) is 9.12. The molecule has 0 radical (unpaired) electrons. The van der Waals surface area contributed by atoms with E-state index in [1.165, 1.54) is 22.9 Å². The molecule has 1 N–H and O–H groups in total. The van der Waals surface area contributed by atoms with Crippen LogP contribution < -0.4 is 10.2 Å². The van der Waals surface area contributed by atoms with Gasteiger partial charge in [-0.2, -0.15) is 26.3 Å². The van der Waals surface area contributed by atoms with Gasteiger partial charge in [0.25, 0.3) is 0 Å². The predicted octanol–water partition coefficient (Wildman–Crippen LogP) is 5.74. The van der Waals surface area contributed by atoms with E-state index < -0.39 is 41.3 Å². The summed E-state index contributed by atoms with van der Waals surface area (Å²) in [4.78, 5) is 19.4. The Morgan fingerprint density at radius 1 is 1.08 bits per heavy atom. The lowest BCUT2D eigenvalue weighted by atomic mass is 9.89. The summed E-state index contributed by atoms with van der Waals surface area (Å²) < 4.78 is 86.1. The molecule has 192 valence electrons. The Bertz CT molecular complexity index is 1190. The Hall–Kier alpha value is -2.99. The summed E-state index contributed by atoms with van der Waals surface area (Å²) in [6.45, 7) is 1.80. The van der Waals surface area contributed by atoms with E-state index in [4.69, 9.17) is 4.74 Å². The van der Waals surface area contributed by atoms with Gasteiger partial charge in [-0.25, -0.2) is 4.99 Å². The Balaban J connectivity index is 1.74. The van der Waals surface area contributed by atoms with Gasteiger partial charge >= 0.3 is 12.4 Å². The molecule has 5 nitrogen and oxygen atoms in total. The molecular formula is C24H21F6N3O2S. The number of hydrogen-bond acceptors (Lipinski definition) is 5. The number of amides is 1. The van der Waals surface area contributed by atoms with Crippen molar-refractivity contribution >= 4 is 29.3 Å². The number of carbonyl (C=O) groups is 1. The molecule has 0 fully saturated rings. The number of anilines is 1. The van der Waals surface area contributed by atoms with Crippen molar-refractivity contribution in [3.05, 3.63) is 76.0 Å². The molecule has 2 aromatic rings. The number of aliphatic imine (C=N–C) groups is 1. The topological polar surface area (TPSA) is 53.9 Å². The number of halogens is 6. The zero-order valence-electron chi connectivity index (χ0n) is 19.1. The van der Waals surface area contributed by atoms with Gasteiger partial charge < -0.3 is 4.74 Å². The van der Waals surface area contributed by atoms with E-state index in [1.54, 1.807) is 24.5 Å². The zero-order chi connectivity index (χ0) is 26.3. The van der Waals surface area contributed by atoms with Crippen LogP contribution in [0.3, 0.4) is 0 Å². The minimum Gasteiger partial charge on any atom is -0.434 e. The van der Waals surface area contributed by atoms with Crippen LogP contribution in [0.2, 0.25) is 0 Å². The Kier molecular flexibility index (Phi) is 7.11. The first-order valence-electron chi connectivity index (χ1n) is 10.8. The average molecular weight is 530 g/mol. The number of ether oxygens (including phenoxy) is 1. The summed E-state index contributed by atoms with van der Waals surface area (Å²) in [6.07, 6.45) is -6.97. The standard InChI is InChI=1S/C24H21F6N3O2S/c1-13-5-3-4-6-18(13)33-11-19(36-2)35-21-20(22(33)34)17(31-12-32-21)9-14-7-15(23(25,26)27)10-16(8-14)24(28,29)30/h3-8,10-11,17,20,31H,9,12H2,1-2H3. The van der Waals surface area contributed by atoms with E-state index in [-0.39, 0.29) is 30.6 Å². The number of thioether (sulfide) groups is 1. The molecular weight excluding hydrogens is 508 g/mol. The molecule has 0 aromatic heterocycles. The number of fused-ring (bicyclic) bond motifs is 1. The number of carbonyl (C=O) groups excluding carboxylic acids is 1. The van der Waals surface area contributed by atoms with Crippen LogP contribution >= 0.6 is 11.8 Å². The highest BCUT2D eigenvalue weighted by Crippen LogP contribution is 2.37. The second-order valence-electron chi connectivity index (χ2n) is 8.31. The first-order chi connectivity index (χ1) is 16.9. The van der Waals surface area contributed by atoms with Gasteiger partial charge in [-0.3, -0.25) is 15.0 Å². The number of nitrogens with one attached hydrogen (secondary N) is 1. The van der Waals surface area contributed by atoms with Crippen LogP contribution in [0.5, 0.6) is 0 Å². The molecule has 2 heterocycles. The molecule has 2 unspecified atom stereocenters. The fourth-order valence-corrected chi connectivity index (χ4v) is 4.53. The fourth-order valence-electron chi connectivity index (χ4n) is 4.15. The van der Waals surface area contributed by atoms with Crippen LogP contribution in [-0.2, 0) is 28.3 Å². The van der Waals surface area contributed by atoms with Crippen molar-refractivity contribution in [2.75, 3.05) is 17.8 Å². The van der Waals surface area contributed by atoms with Crippen molar-refractivity contribution in [3.8, 4) is 0 Å².